The number of amides is 3. The number of anilines is 1. The molecule has 0 aromatic heterocycles. The normalized spacial score (nSPS) is 13.0. The van der Waals surface area contributed by atoms with Crippen LogP contribution >= 0.6 is 0 Å². The first-order chi connectivity index (χ1) is 18.1. The van der Waals surface area contributed by atoms with Crippen molar-refractivity contribution in [3.8, 4) is 11.5 Å². The van der Waals surface area contributed by atoms with Crippen molar-refractivity contribution < 1.29 is 29.0 Å². The summed E-state index contributed by atoms with van der Waals surface area (Å²) in [5, 5.41) is 16.6. The predicted octanol–water partition coefficient (Wildman–Crippen LogP) is 5.57. The highest BCUT2D eigenvalue weighted by Gasteiger charge is 2.39. The van der Waals surface area contributed by atoms with E-state index in [1.165, 1.54) is 4.90 Å². The number of hydrogen-bond donors (Lipinski definition) is 3. The van der Waals surface area contributed by atoms with Gasteiger partial charge in [0.15, 0.2) is 0 Å². The van der Waals surface area contributed by atoms with Crippen LogP contribution < -0.4 is 15.4 Å². The highest BCUT2D eigenvalue weighted by Crippen LogP contribution is 2.34. The lowest BCUT2D eigenvalue weighted by Gasteiger charge is -2.37. The fourth-order valence-corrected chi connectivity index (χ4v) is 4.21. The van der Waals surface area contributed by atoms with Crippen molar-refractivity contribution in [1.29, 1.82) is 0 Å². The molecule has 0 heterocycles. The maximum absolute atomic E-state index is 14.2. The molecule has 2 rings (SSSR count). The summed E-state index contributed by atoms with van der Waals surface area (Å²) in [5.41, 5.74) is 0.598. The Kier molecular flexibility index (Phi) is 10.8. The van der Waals surface area contributed by atoms with Crippen LogP contribution in [0.15, 0.2) is 42.5 Å². The molecule has 0 saturated carbocycles. The minimum absolute atomic E-state index is 0.0573. The number of nitrogens with zero attached hydrogens (tertiary/aromatic N) is 1. The standard InChI is InChI=1S/C30H43N3O6/c1-18(2)17-24(32-29(37)39-30(6,7)8)28(36)33(19(3)4)25(23-12-10-11-20(5)26(23)34)27(35)31-21-13-15-22(38-9)16-14-21/h10-16,18-19,24-25,34H,17H2,1-9H3,(H,31,35)(H,32,37). The van der Waals surface area contributed by atoms with Crippen molar-refractivity contribution in [1.82, 2.24) is 10.2 Å². The minimum atomic E-state index is -1.19. The number of hydrogen-bond acceptors (Lipinski definition) is 6. The molecule has 0 saturated heterocycles. The van der Waals surface area contributed by atoms with Gasteiger partial charge in [-0.2, -0.15) is 0 Å². The molecular weight excluding hydrogens is 498 g/mol. The van der Waals surface area contributed by atoms with Crippen molar-refractivity contribution in [3.63, 3.8) is 0 Å². The average molecular weight is 542 g/mol. The van der Waals surface area contributed by atoms with Crippen molar-refractivity contribution in [2.75, 3.05) is 12.4 Å². The van der Waals surface area contributed by atoms with Gasteiger partial charge in [0.1, 0.15) is 29.2 Å². The molecule has 0 aliphatic rings. The maximum atomic E-state index is 14.2. The first-order valence-electron chi connectivity index (χ1n) is 13.2. The predicted molar refractivity (Wildman–Crippen MR) is 152 cm³/mol. The molecule has 0 fully saturated rings. The van der Waals surface area contributed by atoms with E-state index >= 15 is 0 Å². The lowest BCUT2D eigenvalue weighted by molar-refractivity contribution is -0.143. The fraction of sp³-hybridized carbons (Fsp3) is 0.500. The Balaban J connectivity index is 2.56. The number of carbonyl (C=O) groups excluding carboxylic acids is 3. The molecule has 0 spiro atoms. The number of nitrogens with one attached hydrogen (secondary N) is 2. The molecule has 3 N–H and O–H groups in total. The van der Waals surface area contributed by atoms with Gasteiger partial charge in [0, 0.05) is 17.3 Å². The summed E-state index contributed by atoms with van der Waals surface area (Å²) in [7, 11) is 1.55. The van der Waals surface area contributed by atoms with Crippen LogP contribution in [0, 0.1) is 12.8 Å². The number of para-hydroxylation sites is 1. The number of phenols is 1. The van der Waals surface area contributed by atoms with Gasteiger partial charge in [0.05, 0.1) is 7.11 Å². The molecule has 2 aromatic rings. The quantitative estimate of drug-likeness (QED) is 0.362. The summed E-state index contributed by atoms with van der Waals surface area (Å²) >= 11 is 0. The number of phenolic OH excluding ortho intramolecular Hbond substituents is 1. The zero-order valence-corrected chi connectivity index (χ0v) is 24.5. The molecule has 0 aliphatic carbocycles. The van der Waals surface area contributed by atoms with E-state index in [1.54, 1.807) is 91.1 Å². The molecule has 9 nitrogen and oxygen atoms in total. The van der Waals surface area contributed by atoms with Crippen LogP contribution in [-0.2, 0) is 14.3 Å². The summed E-state index contributed by atoms with van der Waals surface area (Å²) in [6, 6.07) is 9.29. The number of alkyl carbamates (subject to hydrolysis) is 1. The molecule has 214 valence electrons. The van der Waals surface area contributed by atoms with E-state index in [4.69, 9.17) is 9.47 Å². The van der Waals surface area contributed by atoms with Gasteiger partial charge in [-0.1, -0.05) is 32.0 Å². The van der Waals surface area contributed by atoms with Crippen LogP contribution in [0.1, 0.15) is 72.1 Å². The third kappa shape index (κ3) is 8.90. The third-order valence-corrected chi connectivity index (χ3v) is 5.95. The SMILES string of the molecule is COc1ccc(NC(=O)C(c2cccc(C)c2O)N(C(=O)C(CC(C)C)NC(=O)OC(C)(C)C)C(C)C)cc1. The zero-order valence-electron chi connectivity index (χ0n) is 24.5. The molecular formula is C30H43N3O6. The number of methoxy groups -OCH3 is 1. The Morgan fingerprint density at radius 1 is 1.00 bits per heavy atom. The van der Waals surface area contributed by atoms with Crippen LogP contribution in [0.5, 0.6) is 11.5 Å². The Bertz CT molecular complexity index is 1140. The van der Waals surface area contributed by atoms with Crippen LogP contribution in [-0.4, -0.2) is 52.7 Å². The summed E-state index contributed by atoms with van der Waals surface area (Å²) in [4.78, 5) is 42.1. The second kappa shape index (κ2) is 13.4. The summed E-state index contributed by atoms with van der Waals surface area (Å²) in [6.07, 6.45) is -0.392. The molecule has 2 unspecified atom stereocenters. The van der Waals surface area contributed by atoms with E-state index < -0.39 is 41.6 Å². The largest absolute Gasteiger partial charge is 0.507 e. The van der Waals surface area contributed by atoms with E-state index in [9.17, 15) is 19.5 Å². The lowest BCUT2D eigenvalue weighted by Crippen LogP contribution is -2.54. The Morgan fingerprint density at radius 2 is 1.62 bits per heavy atom. The number of aromatic hydroxyl groups is 1. The van der Waals surface area contributed by atoms with Gasteiger partial charge in [-0.15, -0.1) is 0 Å². The number of ether oxygens (including phenoxy) is 2. The van der Waals surface area contributed by atoms with Crippen molar-refractivity contribution in [2.45, 2.75) is 85.5 Å². The number of carbonyl (C=O) groups is 3. The van der Waals surface area contributed by atoms with E-state index in [0.29, 0.717) is 23.4 Å². The van der Waals surface area contributed by atoms with Gasteiger partial charge in [0.2, 0.25) is 5.91 Å². The van der Waals surface area contributed by atoms with E-state index in [1.807, 2.05) is 13.8 Å². The van der Waals surface area contributed by atoms with Crippen LogP contribution in [0.25, 0.3) is 0 Å². The lowest BCUT2D eigenvalue weighted by atomic mass is 9.96. The van der Waals surface area contributed by atoms with Crippen molar-refractivity contribution in [3.05, 3.63) is 53.6 Å². The van der Waals surface area contributed by atoms with Gasteiger partial charge >= 0.3 is 6.09 Å². The summed E-state index contributed by atoms with van der Waals surface area (Å²) < 4.78 is 10.6. The molecule has 39 heavy (non-hydrogen) atoms. The van der Waals surface area contributed by atoms with Crippen molar-refractivity contribution in [2.24, 2.45) is 5.92 Å². The molecule has 0 bridgehead atoms. The summed E-state index contributed by atoms with van der Waals surface area (Å²) in [6.45, 7) is 14.4. The van der Waals surface area contributed by atoms with Gasteiger partial charge in [-0.25, -0.2) is 4.79 Å². The smallest absolute Gasteiger partial charge is 0.408 e. The number of aryl methyl sites for hydroxylation is 1. The summed E-state index contributed by atoms with van der Waals surface area (Å²) in [5.74, 6) is -0.359. The zero-order chi connectivity index (χ0) is 29.5. The van der Waals surface area contributed by atoms with Crippen molar-refractivity contribution >= 4 is 23.6 Å². The second-order valence-corrected chi connectivity index (χ2v) is 11.3. The Labute approximate surface area is 231 Å². The average Bonchev–Trinajstić information content (AvgIpc) is 2.82. The minimum Gasteiger partial charge on any atom is -0.507 e. The topological polar surface area (TPSA) is 117 Å². The molecule has 2 aromatic carbocycles. The number of rotatable bonds is 10. The van der Waals surface area contributed by atoms with Crippen LogP contribution in [0.3, 0.4) is 0 Å². The molecule has 2 atom stereocenters. The van der Waals surface area contributed by atoms with Crippen LogP contribution in [0.2, 0.25) is 0 Å². The molecule has 0 aliphatic heterocycles. The Hall–Kier alpha value is -3.75. The Morgan fingerprint density at radius 3 is 2.13 bits per heavy atom. The monoisotopic (exact) mass is 541 g/mol. The van der Waals surface area contributed by atoms with Crippen LogP contribution in [0.4, 0.5) is 10.5 Å². The van der Waals surface area contributed by atoms with Gasteiger partial charge in [-0.3, -0.25) is 9.59 Å². The fourth-order valence-electron chi connectivity index (χ4n) is 4.21. The maximum Gasteiger partial charge on any atom is 0.408 e. The van der Waals surface area contributed by atoms with E-state index in [2.05, 4.69) is 10.6 Å². The van der Waals surface area contributed by atoms with Gasteiger partial charge in [-0.05, 0) is 83.7 Å². The molecule has 9 heteroatoms. The molecule has 0 radical (unpaired) electrons. The van der Waals surface area contributed by atoms with Gasteiger partial charge in [0.25, 0.3) is 5.91 Å². The van der Waals surface area contributed by atoms with Gasteiger partial charge < -0.3 is 30.1 Å². The highest BCUT2D eigenvalue weighted by molar-refractivity contribution is 5.99. The van der Waals surface area contributed by atoms with E-state index in [-0.39, 0.29) is 17.2 Å². The second-order valence-electron chi connectivity index (χ2n) is 11.3. The van der Waals surface area contributed by atoms with E-state index in [0.717, 1.165) is 0 Å². The third-order valence-electron chi connectivity index (χ3n) is 5.95. The number of benzene rings is 2. The highest BCUT2D eigenvalue weighted by atomic mass is 16.6. The molecule has 3 amide bonds. The first kappa shape index (κ1) is 31.5. The first-order valence-corrected chi connectivity index (χ1v) is 13.2.